The Kier molecular flexibility index (Phi) is 4.45. The van der Waals surface area contributed by atoms with E-state index in [1.807, 2.05) is 24.0 Å². The van der Waals surface area contributed by atoms with Crippen LogP contribution in [-0.2, 0) is 9.47 Å². The van der Waals surface area contributed by atoms with Crippen molar-refractivity contribution in [2.45, 2.75) is 32.3 Å². The molecular weight excluding hydrogens is 280 g/mol. The van der Waals surface area contributed by atoms with Gasteiger partial charge in [0.15, 0.2) is 0 Å². The van der Waals surface area contributed by atoms with Crippen molar-refractivity contribution >= 4 is 5.91 Å². The maximum atomic E-state index is 12.8. The van der Waals surface area contributed by atoms with E-state index in [0.717, 1.165) is 38.1 Å². The largest absolute Gasteiger partial charge is 0.384 e. The zero-order chi connectivity index (χ0) is 15.6. The first kappa shape index (κ1) is 15.4. The minimum Gasteiger partial charge on any atom is -0.384 e. The number of aromatic nitrogens is 1. The van der Waals surface area contributed by atoms with Crippen molar-refractivity contribution in [1.29, 1.82) is 0 Å². The Morgan fingerprint density at radius 2 is 2.41 bits per heavy atom. The van der Waals surface area contributed by atoms with Crippen molar-refractivity contribution in [1.82, 2.24) is 9.88 Å². The van der Waals surface area contributed by atoms with Crippen LogP contribution in [0.25, 0.3) is 0 Å². The Bertz CT molecular complexity index is 544. The van der Waals surface area contributed by atoms with Crippen LogP contribution in [-0.4, -0.2) is 55.3 Å². The van der Waals surface area contributed by atoms with Gasteiger partial charge in [-0.3, -0.25) is 4.79 Å². The van der Waals surface area contributed by atoms with Crippen molar-refractivity contribution in [2.24, 2.45) is 5.41 Å². The van der Waals surface area contributed by atoms with Gasteiger partial charge in [0.1, 0.15) is 5.69 Å². The van der Waals surface area contributed by atoms with Crippen LogP contribution in [0.1, 0.15) is 35.4 Å². The summed E-state index contributed by atoms with van der Waals surface area (Å²) in [5, 5.41) is 0. The molecule has 2 aliphatic heterocycles. The minimum absolute atomic E-state index is 0.0169. The van der Waals surface area contributed by atoms with Crippen molar-refractivity contribution < 1.29 is 14.3 Å². The maximum absolute atomic E-state index is 12.8. The average Bonchev–Trinajstić information content (AvgIpc) is 2.53. The lowest BCUT2D eigenvalue weighted by atomic mass is 9.73. The van der Waals surface area contributed by atoms with Crippen LogP contribution in [0.15, 0.2) is 18.2 Å². The molecule has 3 heterocycles. The number of hydrogen-bond donors (Lipinski definition) is 0. The van der Waals surface area contributed by atoms with Crippen molar-refractivity contribution in [3.05, 3.63) is 29.6 Å². The number of amides is 1. The third-order valence-corrected chi connectivity index (χ3v) is 4.81. The topological polar surface area (TPSA) is 51.7 Å². The number of pyridine rings is 1. The summed E-state index contributed by atoms with van der Waals surface area (Å²) < 4.78 is 11.4. The van der Waals surface area contributed by atoms with Gasteiger partial charge in [0, 0.05) is 37.9 Å². The first-order chi connectivity index (χ1) is 10.6. The number of methoxy groups -OCH3 is 1. The standard InChI is InChI=1S/C17H24N2O3/c1-13-5-3-6-14(18-13)16(20)19-9-7-15-17(11-19,12-21-2)8-4-10-22-15/h3,5-6,15H,4,7-12H2,1-2H3/t15-,17-/m0/s1. The molecule has 0 aromatic carbocycles. The van der Waals surface area contributed by atoms with Crippen molar-refractivity contribution in [3.63, 3.8) is 0 Å². The van der Waals surface area contributed by atoms with Gasteiger partial charge in [-0.1, -0.05) is 6.07 Å². The molecule has 1 aromatic rings. The van der Waals surface area contributed by atoms with E-state index in [9.17, 15) is 4.79 Å². The second kappa shape index (κ2) is 6.34. The number of fused-ring (bicyclic) bond motifs is 1. The predicted molar refractivity (Wildman–Crippen MR) is 82.8 cm³/mol. The summed E-state index contributed by atoms with van der Waals surface area (Å²) in [6.07, 6.45) is 3.16. The number of carbonyl (C=O) groups excluding carboxylic acids is 1. The highest BCUT2D eigenvalue weighted by Gasteiger charge is 2.47. The predicted octanol–water partition coefficient (Wildman–Crippen LogP) is 2.05. The molecule has 0 spiro atoms. The number of carbonyl (C=O) groups is 1. The van der Waals surface area contributed by atoms with E-state index in [0.29, 0.717) is 18.8 Å². The Morgan fingerprint density at radius 3 is 3.18 bits per heavy atom. The molecule has 0 radical (unpaired) electrons. The third-order valence-electron chi connectivity index (χ3n) is 4.81. The average molecular weight is 304 g/mol. The fraction of sp³-hybridized carbons (Fsp3) is 0.647. The molecule has 2 atom stereocenters. The van der Waals surface area contributed by atoms with Gasteiger partial charge in [-0.2, -0.15) is 0 Å². The lowest BCUT2D eigenvalue weighted by Gasteiger charge is -2.50. The van der Waals surface area contributed by atoms with Crippen molar-refractivity contribution in [2.75, 3.05) is 33.4 Å². The van der Waals surface area contributed by atoms with E-state index in [4.69, 9.17) is 9.47 Å². The molecule has 22 heavy (non-hydrogen) atoms. The van der Waals surface area contributed by atoms with Crippen molar-refractivity contribution in [3.8, 4) is 0 Å². The van der Waals surface area contributed by atoms with Crippen LogP contribution >= 0.6 is 0 Å². The van der Waals surface area contributed by atoms with Crippen LogP contribution in [0.4, 0.5) is 0 Å². The molecule has 0 aliphatic carbocycles. The number of piperidine rings is 1. The summed E-state index contributed by atoms with van der Waals surface area (Å²) >= 11 is 0. The van der Waals surface area contributed by atoms with Gasteiger partial charge >= 0.3 is 0 Å². The normalized spacial score (nSPS) is 28.3. The molecule has 0 unspecified atom stereocenters. The highest BCUT2D eigenvalue weighted by molar-refractivity contribution is 5.92. The number of nitrogens with zero attached hydrogens (tertiary/aromatic N) is 2. The number of hydrogen-bond acceptors (Lipinski definition) is 4. The fourth-order valence-electron chi connectivity index (χ4n) is 3.79. The molecule has 0 bridgehead atoms. The molecule has 2 saturated heterocycles. The van der Waals surface area contributed by atoms with E-state index < -0.39 is 0 Å². The Labute approximate surface area is 131 Å². The number of aryl methyl sites for hydroxylation is 1. The Hall–Kier alpha value is -1.46. The fourth-order valence-corrected chi connectivity index (χ4v) is 3.79. The first-order valence-corrected chi connectivity index (χ1v) is 7.98. The second-order valence-corrected chi connectivity index (χ2v) is 6.44. The summed E-state index contributed by atoms with van der Waals surface area (Å²) in [5.41, 5.74) is 1.33. The molecule has 5 heteroatoms. The van der Waals surface area contributed by atoms with E-state index in [-0.39, 0.29) is 17.4 Å². The zero-order valence-corrected chi connectivity index (χ0v) is 13.4. The molecule has 1 amide bonds. The van der Waals surface area contributed by atoms with E-state index in [1.54, 1.807) is 13.2 Å². The van der Waals surface area contributed by atoms with E-state index in [1.165, 1.54) is 0 Å². The molecule has 0 saturated carbocycles. The van der Waals surface area contributed by atoms with E-state index in [2.05, 4.69) is 4.98 Å². The summed E-state index contributed by atoms with van der Waals surface area (Å²) in [6, 6.07) is 5.59. The molecule has 5 nitrogen and oxygen atoms in total. The Balaban J connectivity index is 1.79. The smallest absolute Gasteiger partial charge is 0.272 e. The highest BCUT2D eigenvalue weighted by atomic mass is 16.5. The third kappa shape index (κ3) is 2.88. The molecule has 2 fully saturated rings. The molecule has 2 aliphatic rings. The van der Waals surface area contributed by atoms with Gasteiger partial charge < -0.3 is 14.4 Å². The number of ether oxygens (including phenoxy) is 2. The molecule has 0 N–H and O–H groups in total. The zero-order valence-electron chi connectivity index (χ0n) is 13.4. The van der Waals surface area contributed by atoms with E-state index >= 15 is 0 Å². The minimum atomic E-state index is -0.0647. The quantitative estimate of drug-likeness (QED) is 0.857. The maximum Gasteiger partial charge on any atom is 0.272 e. The lowest BCUT2D eigenvalue weighted by molar-refractivity contribution is -0.142. The highest BCUT2D eigenvalue weighted by Crippen LogP contribution is 2.40. The van der Waals surface area contributed by atoms with Crippen LogP contribution in [0, 0.1) is 12.3 Å². The molecular formula is C17H24N2O3. The van der Waals surface area contributed by atoms with Gasteiger partial charge in [-0.25, -0.2) is 4.98 Å². The first-order valence-electron chi connectivity index (χ1n) is 7.98. The van der Waals surface area contributed by atoms with Gasteiger partial charge in [0.05, 0.1) is 12.7 Å². The molecule has 120 valence electrons. The van der Waals surface area contributed by atoms with Crippen LogP contribution < -0.4 is 0 Å². The molecule has 1 aromatic heterocycles. The summed E-state index contributed by atoms with van der Waals surface area (Å²) in [6.45, 7) is 4.79. The number of rotatable bonds is 3. The lowest BCUT2D eigenvalue weighted by Crippen LogP contribution is -2.58. The van der Waals surface area contributed by atoms with Gasteiger partial charge in [0.25, 0.3) is 5.91 Å². The van der Waals surface area contributed by atoms with Crippen LogP contribution in [0.2, 0.25) is 0 Å². The summed E-state index contributed by atoms with van der Waals surface area (Å²) in [4.78, 5) is 19.0. The second-order valence-electron chi connectivity index (χ2n) is 6.44. The van der Waals surface area contributed by atoms with Gasteiger partial charge in [0.2, 0.25) is 0 Å². The van der Waals surface area contributed by atoms with Gasteiger partial charge in [-0.15, -0.1) is 0 Å². The summed E-state index contributed by atoms with van der Waals surface area (Å²) in [5.74, 6) is 0.0169. The van der Waals surface area contributed by atoms with Crippen LogP contribution in [0.3, 0.4) is 0 Å². The number of likely N-dealkylation sites (tertiary alicyclic amines) is 1. The van der Waals surface area contributed by atoms with Gasteiger partial charge in [-0.05, 0) is 38.3 Å². The Morgan fingerprint density at radius 1 is 1.55 bits per heavy atom. The van der Waals surface area contributed by atoms with Crippen LogP contribution in [0.5, 0.6) is 0 Å². The SMILES string of the molecule is COC[C@@]12CCCO[C@H]1CCN(C(=O)c1cccc(C)n1)C2. The summed E-state index contributed by atoms with van der Waals surface area (Å²) in [7, 11) is 1.73. The molecule has 3 rings (SSSR count). The monoisotopic (exact) mass is 304 g/mol.